The van der Waals surface area contributed by atoms with Crippen molar-refractivity contribution in [1.29, 1.82) is 0 Å². The largest absolute Gasteiger partial charge is 0.324 e. The fourth-order valence-corrected chi connectivity index (χ4v) is 2.45. The third-order valence-corrected chi connectivity index (χ3v) is 3.69. The number of aromatic nitrogens is 5. The van der Waals surface area contributed by atoms with E-state index in [4.69, 9.17) is 5.73 Å². The first-order chi connectivity index (χ1) is 11.5. The molecule has 7 nitrogen and oxygen atoms in total. The second kappa shape index (κ2) is 6.32. The van der Waals surface area contributed by atoms with Gasteiger partial charge in [0.15, 0.2) is 11.6 Å². The number of anilines is 2. The summed E-state index contributed by atoms with van der Waals surface area (Å²) in [5, 5.41) is 7.15. The highest BCUT2D eigenvalue weighted by atomic mass is 19.1. The van der Waals surface area contributed by atoms with Crippen LogP contribution in [0.15, 0.2) is 30.7 Å². The Labute approximate surface area is 138 Å². The first-order valence-corrected chi connectivity index (χ1v) is 7.46. The number of nitrogens with zero attached hydrogens (tertiary/aromatic N) is 5. The highest BCUT2D eigenvalue weighted by molar-refractivity contribution is 5.60. The molecule has 24 heavy (non-hydrogen) atoms. The summed E-state index contributed by atoms with van der Waals surface area (Å²) in [4.78, 5) is 12.4. The quantitative estimate of drug-likeness (QED) is 0.764. The van der Waals surface area contributed by atoms with E-state index in [1.54, 1.807) is 36.0 Å². The summed E-state index contributed by atoms with van der Waals surface area (Å²) in [5.41, 5.74) is 7.43. The van der Waals surface area contributed by atoms with E-state index < -0.39 is 0 Å². The van der Waals surface area contributed by atoms with Gasteiger partial charge < -0.3 is 11.1 Å². The van der Waals surface area contributed by atoms with E-state index in [9.17, 15) is 4.39 Å². The highest BCUT2D eigenvalue weighted by Gasteiger charge is 2.16. The molecule has 0 bridgehead atoms. The van der Waals surface area contributed by atoms with Crippen LogP contribution >= 0.6 is 0 Å². The van der Waals surface area contributed by atoms with Crippen LogP contribution in [0, 0.1) is 12.7 Å². The lowest BCUT2D eigenvalue weighted by atomic mass is 9.99. The van der Waals surface area contributed by atoms with Gasteiger partial charge in [-0.05, 0) is 31.0 Å². The number of hydrogen-bond donors (Lipinski definition) is 2. The minimum Gasteiger partial charge on any atom is -0.324 e. The fraction of sp³-hybridized carbons (Fsp3) is 0.250. The van der Waals surface area contributed by atoms with Gasteiger partial charge in [0.05, 0.1) is 5.56 Å². The highest BCUT2D eigenvalue weighted by Crippen LogP contribution is 2.27. The van der Waals surface area contributed by atoms with Gasteiger partial charge in [0.1, 0.15) is 12.1 Å². The Bertz CT molecular complexity index is 873. The SMILES string of the molecule is Cc1c(C(C)N)ccc(-c2ncnc(Nc3ccn(C)n3)n2)c1F. The first-order valence-electron chi connectivity index (χ1n) is 7.46. The molecular weight excluding hydrogens is 309 g/mol. The molecule has 1 unspecified atom stereocenters. The van der Waals surface area contributed by atoms with Crippen molar-refractivity contribution < 1.29 is 4.39 Å². The fourth-order valence-electron chi connectivity index (χ4n) is 2.45. The van der Waals surface area contributed by atoms with Gasteiger partial charge in [0, 0.05) is 25.4 Å². The molecule has 1 aromatic carbocycles. The summed E-state index contributed by atoms with van der Waals surface area (Å²) in [6.07, 6.45) is 3.13. The summed E-state index contributed by atoms with van der Waals surface area (Å²) in [6, 6.07) is 4.98. The molecule has 0 aliphatic heterocycles. The smallest absolute Gasteiger partial charge is 0.231 e. The topological polar surface area (TPSA) is 94.5 Å². The molecule has 3 aromatic rings. The summed E-state index contributed by atoms with van der Waals surface area (Å²) >= 11 is 0. The minimum atomic E-state index is -0.375. The summed E-state index contributed by atoms with van der Waals surface area (Å²) in [5.74, 6) is 0.769. The number of nitrogens with one attached hydrogen (secondary N) is 1. The van der Waals surface area contributed by atoms with Gasteiger partial charge >= 0.3 is 0 Å². The number of hydrogen-bond acceptors (Lipinski definition) is 6. The molecule has 0 saturated heterocycles. The van der Waals surface area contributed by atoms with Crippen molar-refractivity contribution in [3.8, 4) is 11.4 Å². The van der Waals surface area contributed by atoms with Gasteiger partial charge in [-0.3, -0.25) is 4.68 Å². The molecule has 1 atom stereocenters. The third kappa shape index (κ3) is 3.09. The van der Waals surface area contributed by atoms with Crippen molar-refractivity contribution in [2.45, 2.75) is 19.9 Å². The molecule has 8 heteroatoms. The Morgan fingerprint density at radius 3 is 2.71 bits per heavy atom. The summed E-state index contributed by atoms with van der Waals surface area (Å²) in [6.45, 7) is 3.52. The molecule has 3 rings (SSSR count). The van der Waals surface area contributed by atoms with Crippen molar-refractivity contribution in [1.82, 2.24) is 24.7 Å². The number of nitrogens with two attached hydrogens (primary N) is 1. The number of benzene rings is 1. The Hall–Kier alpha value is -2.87. The van der Waals surface area contributed by atoms with Crippen molar-refractivity contribution >= 4 is 11.8 Å². The van der Waals surface area contributed by atoms with Crippen molar-refractivity contribution in [3.05, 3.63) is 47.7 Å². The molecule has 3 N–H and O–H groups in total. The van der Waals surface area contributed by atoms with Crippen LogP contribution in [0.3, 0.4) is 0 Å². The molecule has 0 fully saturated rings. The Morgan fingerprint density at radius 1 is 1.25 bits per heavy atom. The van der Waals surface area contributed by atoms with Crippen molar-refractivity contribution in [2.75, 3.05) is 5.32 Å². The maximum absolute atomic E-state index is 14.7. The number of rotatable bonds is 4. The van der Waals surface area contributed by atoms with Gasteiger partial charge in [0.2, 0.25) is 5.95 Å². The zero-order valence-electron chi connectivity index (χ0n) is 13.7. The lowest BCUT2D eigenvalue weighted by Gasteiger charge is -2.13. The van der Waals surface area contributed by atoms with Crippen LogP contribution in [0.25, 0.3) is 11.4 Å². The van der Waals surface area contributed by atoms with Gasteiger partial charge in [-0.15, -0.1) is 0 Å². The second-order valence-electron chi connectivity index (χ2n) is 5.56. The van der Waals surface area contributed by atoms with E-state index in [1.807, 2.05) is 14.0 Å². The van der Waals surface area contributed by atoms with E-state index in [0.717, 1.165) is 5.56 Å². The standard InChI is InChI=1S/C16H18FN7/c1-9-11(10(2)18)4-5-12(14(9)17)15-19-8-20-16(22-15)21-13-6-7-24(3)23-13/h4-8,10H,18H2,1-3H3,(H,19,20,21,22,23). The Morgan fingerprint density at radius 2 is 2.04 bits per heavy atom. The maximum Gasteiger partial charge on any atom is 0.231 e. The predicted octanol–water partition coefficient (Wildman–Crippen LogP) is 2.48. The van der Waals surface area contributed by atoms with Crippen LogP contribution in [0.1, 0.15) is 24.1 Å². The Balaban J connectivity index is 1.95. The molecule has 0 spiro atoms. The van der Waals surface area contributed by atoms with Crippen molar-refractivity contribution in [3.63, 3.8) is 0 Å². The van der Waals surface area contributed by atoms with E-state index in [-0.39, 0.29) is 17.7 Å². The van der Waals surface area contributed by atoms with Crippen molar-refractivity contribution in [2.24, 2.45) is 12.8 Å². The third-order valence-electron chi connectivity index (χ3n) is 3.69. The van der Waals surface area contributed by atoms with Crippen LogP contribution in [0.2, 0.25) is 0 Å². The summed E-state index contributed by atoms with van der Waals surface area (Å²) < 4.78 is 16.3. The van der Waals surface area contributed by atoms with Crippen LogP contribution in [-0.2, 0) is 7.05 Å². The number of aryl methyl sites for hydroxylation is 1. The van der Waals surface area contributed by atoms with Crippen LogP contribution < -0.4 is 11.1 Å². The van der Waals surface area contributed by atoms with Crippen LogP contribution in [-0.4, -0.2) is 24.7 Å². The molecule has 124 valence electrons. The van der Waals surface area contributed by atoms with E-state index in [2.05, 4.69) is 25.4 Å². The molecular formula is C16H18FN7. The molecule has 0 aliphatic rings. The van der Waals surface area contributed by atoms with Gasteiger partial charge in [-0.25, -0.2) is 14.4 Å². The second-order valence-corrected chi connectivity index (χ2v) is 5.56. The van der Waals surface area contributed by atoms with Gasteiger partial charge in [-0.2, -0.15) is 10.1 Å². The lowest BCUT2D eigenvalue weighted by molar-refractivity contribution is 0.613. The normalized spacial score (nSPS) is 12.2. The lowest BCUT2D eigenvalue weighted by Crippen LogP contribution is -2.09. The van der Waals surface area contributed by atoms with E-state index in [1.165, 1.54) is 6.33 Å². The monoisotopic (exact) mass is 327 g/mol. The van der Waals surface area contributed by atoms with E-state index >= 15 is 0 Å². The minimum absolute atomic E-state index is 0.242. The van der Waals surface area contributed by atoms with Crippen LogP contribution in [0.5, 0.6) is 0 Å². The van der Waals surface area contributed by atoms with E-state index in [0.29, 0.717) is 22.9 Å². The first kappa shape index (κ1) is 16.0. The van der Waals surface area contributed by atoms with Gasteiger partial charge in [0.25, 0.3) is 0 Å². The molecule has 0 radical (unpaired) electrons. The molecule has 0 aliphatic carbocycles. The number of halogens is 1. The Kier molecular flexibility index (Phi) is 4.22. The molecule has 2 aromatic heterocycles. The predicted molar refractivity (Wildman–Crippen MR) is 89.1 cm³/mol. The zero-order chi connectivity index (χ0) is 17.3. The molecule has 0 saturated carbocycles. The molecule has 0 amide bonds. The summed E-state index contributed by atoms with van der Waals surface area (Å²) in [7, 11) is 1.81. The van der Waals surface area contributed by atoms with Gasteiger partial charge in [-0.1, -0.05) is 6.07 Å². The average Bonchev–Trinajstić information content (AvgIpc) is 2.95. The average molecular weight is 327 g/mol. The zero-order valence-corrected chi connectivity index (χ0v) is 13.7. The molecule has 2 heterocycles. The van der Waals surface area contributed by atoms with Crippen LogP contribution in [0.4, 0.5) is 16.2 Å². The maximum atomic E-state index is 14.7.